The number of hydrogen-bond donors (Lipinski definition) is 0. The van der Waals surface area contributed by atoms with Crippen molar-refractivity contribution < 1.29 is 4.79 Å². The Hall–Kier alpha value is -1.85. The third kappa shape index (κ3) is 2.22. The van der Waals surface area contributed by atoms with E-state index in [1.165, 1.54) is 0 Å². The predicted molar refractivity (Wildman–Crippen MR) is 71.9 cm³/mol. The number of fused-ring (bicyclic) bond motifs is 1. The zero-order chi connectivity index (χ0) is 13.4. The van der Waals surface area contributed by atoms with Crippen LogP contribution in [0.5, 0.6) is 0 Å². The molecule has 102 valence electrons. The van der Waals surface area contributed by atoms with Crippen molar-refractivity contribution in [2.45, 2.75) is 0 Å². The Morgan fingerprint density at radius 3 is 2.26 bits per heavy atom. The van der Waals surface area contributed by atoms with Gasteiger partial charge in [-0.1, -0.05) is 0 Å². The first-order valence-electron chi connectivity index (χ1n) is 6.63. The summed E-state index contributed by atoms with van der Waals surface area (Å²) in [6.07, 6.45) is 3.55. The molecule has 3 heterocycles. The molecule has 1 aromatic heterocycles. The molecule has 3 rings (SSSR count). The normalized spacial score (nSPS) is 25.6. The van der Waals surface area contributed by atoms with Gasteiger partial charge in [-0.2, -0.15) is 0 Å². The highest BCUT2D eigenvalue weighted by atomic mass is 16.2. The predicted octanol–water partition coefficient (Wildman–Crippen LogP) is 0.526. The summed E-state index contributed by atoms with van der Waals surface area (Å²) in [5, 5.41) is 0. The van der Waals surface area contributed by atoms with Crippen molar-refractivity contribution in [1.82, 2.24) is 19.8 Å². The van der Waals surface area contributed by atoms with E-state index in [1.54, 1.807) is 31.4 Å². The van der Waals surface area contributed by atoms with Gasteiger partial charge in [0.05, 0.1) is 0 Å². The first-order valence-corrected chi connectivity index (χ1v) is 6.63. The van der Waals surface area contributed by atoms with Gasteiger partial charge in [-0.25, -0.2) is 14.8 Å². The Kier molecular flexibility index (Phi) is 3.00. The van der Waals surface area contributed by atoms with E-state index in [0.29, 0.717) is 11.8 Å². The summed E-state index contributed by atoms with van der Waals surface area (Å²) in [5.74, 6) is 1.91. The summed E-state index contributed by atoms with van der Waals surface area (Å²) in [6.45, 7) is 3.60. The summed E-state index contributed by atoms with van der Waals surface area (Å²) < 4.78 is 0. The molecule has 0 bridgehead atoms. The Morgan fingerprint density at radius 2 is 1.74 bits per heavy atom. The molecule has 2 amide bonds. The summed E-state index contributed by atoms with van der Waals surface area (Å²) in [7, 11) is 3.61. The van der Waals surface area contributed by atoms with E-state index in [0.717, 1.165) is 32.1 Å². The van der Waals surface area contributed by atoms with Crippen LogP contribution in [0.2, 0.25) is 0 Å². The highest BCUT2D eigenvalue weighted by Gasteiger charge is 2.42. The fourth-order valence-electron chi connectivity index (χ4n) is 3.05. The fraction of sp³-hybridized carbons (Fsp3) is 0.615. The first-order chi connectivity index (χ1) is 9.15. The molecule has 0 unspecified atom stereocenters. The van der Waals surface area contributed by atoms with Gasteiger partial charge in [-0.3, -0.25) is 0 Å². The number of aromatic nitrogens is 2. The molecule has 0 saturated carbocycles. The van der Waals surface area contributed by atoms with Crippen molar-refractivity contribution in [3.8, 4) is 0 Å². The number of nitrogens with zero attached hydrogens (tertiary/aromatic N) is 5. The van der Waals surface area contributed by atoms with Crippen LogP contribution in [-0.2, 0) is 0 Å². The van der Waals surface area contributed by atoms with Gasteiger partial charge < -0.3 is 14.7 Å². The lowest BCUT2D eigenvalue weighted by Gasteiger charge is -2.24. The Morgan fingerprint density at radius 1 is 1.16 bits per heavy atom. The lowest BCUT2D eigenvalue weighted by Crippen LogP contribution is -2.39. The minimum atomic E-state index is 0.122. The number of likely N-dealkylation sites (tertiary alicyclic amines) is 1. The summed E-state index contributed by atoms with van der Waals surface area (Å²) >= 11 is 0. The number of urea groups is 1. The second-order valence-corrected chi connectivity index (χ2v) is 5.56. The van der Waals surface area contributed by atoms with Gasteiger partial charge in [-0.15, -0.1) is 0 Å². The van der Waals surface area contributed by atoms with Crippen molar-refractivity contribution in [3.05, 3.63) is 18.5 Å². The van der Waals surface area contributed by atoms with E-state index in [2.05, 4.69) is 14.9 Å². The lowest BCUT2D eigenvalue weighted by atomic mass is 10.0. The van der Waals surface area contributed by atoms with Crippen LogP contribution in [0.4, 0.5) is 10.7 Å². The highest BCUT2D eigenvalue weighted by molar-refractivity contribution is 5.74. The lowest BCUT2D eigenvalue weighted by molar-refractivity contribution is 0.179. The van der Waals surface area contributed by atoms with E-state index in [1.807, 2.05) is 11.0 Å². The molecule has 2 fully saturated rings. The average Bonchev–Trinajstić information content (AvgIpc) is 2.96. The maximum atomic E-state index is 11.9. The van der Waals surface area contributed by atoms with Crippen molar-refractivity contribution >= 4 is 12.0 Å². The van der Waals surface area contributed by atoms with Gasteiger partial charge in [0.2, 0.25) is 5.95 Å². The van der Waals surface area contributed by atoms with Gasteiger partial charge in [0.1, 0.15) is 0 Å². The molecular weight excluding hydrogens is 242 g/mol. The van der Waals surface area contributed by atoms with Gasteiger partial charge >= 0.3 is 6.03 Å². The molecule has 2 saturated heterocycles. The third-order valence-corrected chi connectivity index (χ3v) is 3.97. The maximum Gasteiger partial charge on any atom is 0.319 e. The van der Waals surface area contributed by atoms with Crippen molar-refractivity contribution in [2.75, 3.05) is 45.2 Å². The quantitative estimate of drug-likeness (QED) is 0.740. The maximum absolute atomic E-state index is 11.9. The van der Waals surface area contributed by atoms with E-state index < -0.39 is 0 Å². The minimum Gasteiger partial charge on any atom is -0.340 e. The van der Waals surface area contributed by atoms with Crippen molar-refractivity contribution in [2.24, 2.45) is 11.8 Å². The van der Waals surface area contributed by atoms with Crippen molar-refractivity contribution in [3.63, 3.8) is 0 Å². The topological polar surface area (TPSA) is 52.6 Å². The second kappa shape index (κ2) is 4.68. The number of amides is 2. The van der Waals surface area contributed by atoms with Gasteiger partial charge in [0.15, 0.2) is 0 Å². The smallest absolute Gasteiger partial charge is 0.319 e. The summed E-state index contributed by atoms with van der Waals surface area (Å²) in [5.41, 5.74) is 0. The van der Waals surface area contributed by atoms with Gasteiger partial charge in [0.25, 0.3) is 0 Å². The Balaban J connectivity index is 1.64. The zero-order valence-corrected chi connectivity index (χ0v) is 11.4. The fourth-order valence-corrected chi connectivity index (χ4v) is 3.05. The molecule has 6 nitrogen and oxygen atoms in total. The SMILES string of the molecule is CN(C)C(=O)N1C[C@@H]2CN(c3ncccn3)C[C@H]2C1. The van der Waals surface area contributed by atoms with E-state index in [9.17, 15) is 4.79 Å². The largest absolute Gasteiger partial charge is 0.340 e. The van der Waals surface area contributed by atoms with Crippen molar-refractivity contribution in [1.29, 1.82) is 0 Å². The number of rotatable bonds is 1. The molecule has 0 spiro atoms. The number of anilines is 1. The molecular formula is C13H19N5O. The van der Waals surface area contributed by atoms with Gasteiger partial charge in [-0.05, 0) is 6.07 Å². The van der Waals surface area contributed by atoms with Crippen LogP contribution >= 0.6 is 0 Å². The van der Waals surface area contributed by atoms with Gasteiger partial charge in [0, 0.05) is 64.5 Å². The monoisotopic (exact) mass is 261 g/mol. The molecule has 0 aliphatic carbocycles. The van der Waals surface area contributed by atoms with Crippen LogP contribution in [0, 0.1) is 11.8 Å². The zero-order valence-electron chi connectivity index (χ0n) is 11.4. The molecule has 1 aromatic rings. The van der Waals surface area contributed by atoms with Crippen LogP contribution in [0.15, 0.2) is 18.5 Å². The van der Waals surface area contributed by atoms with Crippen LogP contribution < -0.4 is 4.90 Å². The van der Waals surface area contributed by atoms with E-state index in [-0.39, 0.29) is 6.03 Å². The minimum absolute atomic E-state index is 0.122. The number of carbonyl (C=O) groups excluding carboxylic acids is 1. The van der Waals surface area contributed by atoms with Crippen LogP contribution in [0.3, 0.4) is 0 Å². The summed E-state index contributed by atoms with van der Waals surface area (Å²) in [6, 6.07) is 1.95. The molecule has 2 aliphatic rings. The first kappa shape index (κ1) is 12.2. The summed E-state index contributed by atoms with van der Waals surface area (Å²) in [4.78, 5) is 26.4. The molecule has 0 N–H and O–H groups in total. The molecule has 0 radical (unpaired) electrons. The second-order valence-electron chi connectivity index (χ2n) is 5.56. The highest BCUT2D eigenvalue weighted by Crippen LogP contribution is 2.32. The molecule has 0 aromatic carbocycles. The molecule has 6 heteroatoms. The average molecular weight is 261 g/mol. The van der Waals surface area contributed by atoms with Crippen LogP contribution in [0.1, 0.15) is 0 Å². The third-order valence-electron chi connectivity index (χ3n) is 3.97. The van der Waals surface area contributed by atoms with E-state index >= 15 is 0 Å². The Labute approximate surface area is 113 Å². The van der Waals surface area contributed by atoms with Crippen LogP contribution in [-0.4, -0.2) is 66.1 Å². The Bertz CT molecular complexity index is 449. The number of carbonyl (C=O) groups is 1. The standard InChI is InChI=1S/C13H19N5O/c1-16(2)13(19)18-8-10-6-17(7-11(10)9-18)12-14-4-3-5-15-12/h3-5,10-11H,6-9H2,1-2H3/t10-,11-/m0/s1. The van der Waals surface area contributed by atoms with E-state index in [4.69, 9.17) is 0 Å². The molecule has 19 heavy (non-hydrogen) atoms. The molecule has 2 atom stereocenters. The van der Waals surface area contributed by atoms with Crippen LogP contribution in [0.25, 0.3) is 0 Å². The number of hydrogen-bond acceptors (Lipinski definition) is 4. The molecule has 2 aliphatic heterocycles.